The van der Waals surface area contributed by atoms with Gasteiger partial charge in [-0.1, -0.05) is 0 Å². The Kier molecular flexibility index (Phi) is 5.19. The predicted molar refractivity (Wildman–Crippen MR) is 98.0 cm³/mol. The van der Waals surface area contributed by atoms with E-state index in [9.17, 15) is 4.79 Å². The van der Waals surface area contributed by atoms with Gasteiger partial charge < -0.3 is 19.2 Å². The zero-order valence-corrected chi connectivity index (χ0v) is 15.0. The second-order valence-corrected chi connectivity index (χ2v) is 6.18. The summed E-state index contributed by atoms with van der Waals surface area (Å²) in [6.07, 6.45) is 2.43. The van der Waals surface area contributed by atoms with Gasteiger partial charge in [0.25, 0.3) is 5.91 Å². The molecule has 2 heterocycles. The number of anilines is 1. The zero-order valence-electron chi connectivity index (χ0n) is 15.0. The topological polar surface area (TPSA) is 64.5 Å². The van der Waals surface area contributed by atoms with Gasteiger partial charge in [-0.3, -0.25) is 4.79 Å². The van der Waals surface area contributed by atoms with Crippen LogP contribution in [0.5, 0.6) is 0 Å². The summed E-state index contributed by atoms with van der Waals surface area (Å²) in [5, 5.41) is 2.85. The van der Waals surface area contributed by atoms with Crippen LogP contribution in [0.2, 0.25) is 0 Å². The van der Waals surface area contributed by atoms with Crippen molar-refractivity contribution in [3.05, 3.63) is 48.2 Å². The molecule has 0 saturated heterocycles. The van der Waals surface area contributed by atoms with Gasteiger partial charge in [-0.2, -0.15) is 0 Å². The van der Waals surface area contributed by atoms with Crippen LogP contribution >= 0.6 is 0 Å². The number of nitrogens with zero attached hydrogens (tertiary/aromatic N) is 2. The molecule has 0 radical (unpaired) electrons. The highest BCUT2D eigenvalue weighted by Gasteiger charge is 2.13. The molecule has 1 aromatic carbocycles. The van der Waals surface area contributed by atoms with Gasteiger partial charge in [0.2, 0.25) is 0 Å². The molecule has 0 aliphatic rings. The highest BCUT2D eigenvalue weighted by molar-refractivity contribution is 6.03. The number of quaternary nitrogens is 1. The molecule has 0 unspecified atom stereocenters. The van der Waals surface area contributed by atoms with E-state index in [0.717, 1.165) is 42.9 Å². The lowest BCUT2D eigenvalue weighted by molar-refractivity contribution is -0.896. The van der Waals surface area contributed by atoms with Crippen LogP contribution in [0.1, 0.15) is 30.2 Å². The van der Waals surface area contributed by atoms with Crippen LogP contribution in [0.15, 0.2) is 41.0 Å². The van der Waals surface area contributed by atoms with E-state index in [4.69, 9.17) is 9.40 Å². The lowest BCUT2D eigenvalue weighted by atomic mass is 10.2. The van der Waals surface area contributed by atoms with Crippen LogP contribution in [0, 0.1) is 0 Å². The molecule has 2 N–H and O–H groups in total. The smallest absolute Gasteiger partial charge is 0.291 e. The number of likely N-dealkylation sites (N-methyl/N-ethyl adjacent to an activating group) is 1. The molecule has 0 aliphatic carbocycles. The molecule has 2 aromatic heterocycles. The minimum atomic E-state index is -0.259. The van der Waals surface area contributed by atoms with Crippen molar-refractivity contribution in [2.24, 2.45) is 7.05 Å². The fourth-order valence-corrected chi connectivity index (χ4v) is 3.04. The summed E-state index contributed by atoms with van der Waals surface area (Å²) >= 11 is 0. The van der Waals surface area contributed by atoms with Crippen molar-refractivity contribution >= 4 is 22.6 Å². The van der Waals surface area contributed by atoms with E-state index in [-0.39, 0.29) is 5.91 Å². The summed E-state index contributed by atoms with van der Waals surface area (Å²) < 4.78 is 7.25. The summed E-state index contributed by atoms with van der Waals surface area (Å²) in [5.74, 6) is 1.11. The summed E-state index contributed by atoms with van der Waals surface area (Å²) in [6, 6.07) is 9.13. The van der Waals surface area contributed by atoms with Crippen LogP contribution in [0.4, 0.5) is 5.69 Å². The third-order valence-corrected chi connectivity index (χ3v) is 4.68. The van der Waals surface area contributed by atoms with E-state index in [2.05, 4.69) is 23.7 Å². The Balaban J connectivity index is 1.77. The van der Waals surface area contributed by atoms with Gasteiger partial charge in [0, 0.05) is 12.7 Å². The first-order valence-electron chi connectivity index (χ1n) is 8.76. The van der Waals surface area contributed by atoms with Gasteiger partial charge in [0.15, 0.2) is 5.76 Å². The van der Waals surface area contributed by atoms with Crippen LogP contribution in [0.25, 0.3) is 11.0 Å². The maximum atomic E-state index is 12.1. The van der Waals surface area contributed by atoms with E-state index in [1.807, 2.05) is 25.2 Å². The van der Waals surface area contributed by atoms with Crippen molar-refractivity contribution in [2.45, 2.75) is 20.3 Å². The van der Waals surface area contributed by atoms with Crippen LogP contribution in [0.3, 0.4) is 0 Å². The molecule has 3 rings (SSSR count). The molecule has 0 bridgehead atoms. The molecule has 0 saturated carbocycles. The summed E-state index contributed by atoms with van der Waals surface area (Å²) in [7, 11) is 2.04. The van der Waals surface area contributed by atoms with Crippen LogP contribution in [-0.4, -0.2) is 35.1 Å². The number of hydrogen-bond donors (Lipinski definition) is 2. The largest absolute Gasteiger partial charge is 0.459 e. The Hall–Kier alpha value is -2.60. The molecule has 0 spiro atoms. The average molecular weight is 341 g/mol. The van der Waals surface area contributed by atoms with Crippen LogP contribution in [-0.2, 0) is 13.5 Å². The van der Waals surface area contributed by atoms with E-state index in [1.165, 1.54) is 6.26 Å². The second-order valence-electron chi connectivity index (χ2n) is 6.18. The van der Waals surface area contributed by atoms with Crippen molar-refractivity contribution < 1.29 is 14.1 Å². The standard InChI is InChI=1S/C19H24N4O2/c1-4-23(5-2)11-10-18-21-15-13-14(8-9-16(15)22(18)3)20-19(24)17-7-6-12-25-17/h6-9,12-13H,4-5,10-11H2,1-3H3,(H,20,24)/p+1. The van der Waals surface area contributed by atoms with Gasteiger partial charge >= 0.3 is 0 Å². The Morgan fingerprint density at radius 1 is 1.28 bits per heavy atom. The fourth-order valence-electron chi connectivity index (χ4n) is 3.04. The van der Waals surface area contributed by atoms with Crippen molar-refractivity contribution in [1.82, 2.24) is 9.55 Å². The molecule has 25 heavy (non-hydrogen) atoms. The molecular weight excluding hydrogens is 316 g/mol. The van der Waals surface area contributed by atoms with Gasteiger partial charge in [-0.05, 0) is 44.2 Å². The number of imidazole rings is 1. The normalized spacial score (nSPS) is 11.4. The number of furan rings is 1. The molecule has 6 heteroatoms. The minimum absolute atomic E-state index is 0.259. The van der Waals surface area contributed by atoms with E-state index >= 15 is 0 Å². The van der Waals surface area contributed by atoms with Gasteiger partial charge in [-0.25, -0.2) is 4.98 Å². The molecule has 0 atom stereocenters. The SMILES string of the molecule is CC[NH+](CC)CCc1nc2cc(NC(=O)c3ccco3)ccc2n1C. The summed E-state index contributed by atoms with van der Waals surface area (Å²) in [4.78, 5) is 18.4. The number of fused-ring (bicyclic) bond motifs is 1. The predicted octanol–water partition coefficient (Wildman–Crippen LogP) is 1.89. The number of carbonyl (C=O) groups excluding carboxylic acids is 1. The number of aromatic nitrogens is 2. The highest BCUT2D eigenvalue weighted by Crippen LogP contribution is 2.20. The van der Waals surface area contributed by atoms with Gasteiger partial charge in [0.1, 0.15) is 5.82 Å². The third kappa shape index (κ3) is 3.74. The third-order valence-electron chi connectivity index (χ3n) is 4.68. The number of aryl methyl sites for hydroxylation is 1. The van der Waals surface area contributed by atoms with E-state index in [0.29, 0.717) is 11.4 Å². The molecule has 6 nitrogen and oxygen atoms in total. The fraction of sp³-hybridized carbons (Fsp3) is 0.368. The maximum Gasteiger partial charge on any atom is 0.291 e. The quantitative estimate of drug-likeness (QED) is 0.690. The molecule has 3 aromatic rings. The number of benzene rings is 1. The van der Waals surface area contributed by atoms with Crippen LogP contribution < -0.4 is 10.2 Å². The van der Waals surface area contributed by atoms with Gasteiger partial charge in [-0.15, -0.1) is 0 Å². The van der Waals surface area contributed by atoms with Crippen molar-refractivity contribution in [3.8, 4) is 0 Å². The second kappa shape index (κ2) is 7.53. The average Bonchev–Trinajstić information content (AvgIpc) is 3.25. The monoisotopic (exact) mass is 341 g/mol. The molecule has 1 amide bonds. The molecule has 0 fully saturated rings. The first kappa shape index (κ1) is 17.2. The van der Waals surface area contributed by atoms with E-state index < -0.39 is 0 Å². The van der Waals surface area contributed by atoms with Crippen molar-refractivity contribution in [3.63, 3.8) is 0 Å². The lowest BCUT2D eigenvalue weighted by Gasteiger charge is -2.14. The molecule has 132 valence electrons. The van der Waals surface area contributed by atoms with Crippen molar-refractivity contribution in [1.29, 1.82) is 0 Å². The minimum Gasteiger partial charge on any atom is -0.459 e. The lowest BCUT2D eigenvalue weighted by Crippen LogP contribution is -3.11. The Bertz CT molecular complexity index is 848. The maximum absolute atomic E-state index is 12.1. The Morgan fingerprint density at radius 3 is 2.76 bits per heavy atom. The Labute approximate surface area is 147 Å². The molecular formula is C19H25N4O2+. The van der Waals surface area contributed by atoms with E-state index in [1.54, 1.807) is 17.0 Å². The first-order valence-corrected chi connectivity index (χ1v) is 8.76. The number of carbonyl (C=O) groups is 1. The number of rotatable bonds is 7. The Morgan fingerprint density at radius 2 is 2.08 bits per heavy atom. The number of nitrogens with one attached hydrogen (secondary N) is 2. The molecule has 0 aliphatic heterocycles. The number of hydrogen-bond acceptors (Lipinski definition) is 3. The summed E-state index contributed by atoms with van der Waals surface area (Å²) in [5.41, 5.74) is 2.68. The zero-order chi connectivity index (χ0) is 17.8. The van der Waals surface area contributed by atoms with Crippen molar-refractivity contribution in [2.75, 3.05) is 25.0 Å². The van der Waals surface area contributed by atoms with Gasteiger partial charge in [0.05, 0.1) is 43.4 Å². The number of amides is 1. The first-order chi connectivity index (χ1) is 12.1. The summed E-state index contributed by atoms with van der Waals surface area (Å²) in [6.45, 7) is 7.75. The highest BCUT2D eigenvalue weighted by atomic mass is 16.3.